The number of amides is 2. The van der Waals surface area contributed by atoms with Crippen LogP contribution in [-0.2, 0) is 11.8 Å². The van der Waals surface area contributed by atoms with Crippen LogP contribution in [0.4, 0.5) is 5.69 Å². The summed E-state index contributed by atoms with van der Waals surface area (Å²) in [7, 11) is 1.78. The molecule has 0 radical (unpaired) electrons. The Balaban J connectivity index is 1.60. The van der Waals surface area contributed by atoms with Gasteiger partial charge in [-0.1, -0.05) is 59.2 Å². The Morgan fingerprint density at radius 1 is 1.07 bits per heavy atom. The number of para-hydroxylation sites is 1. The topological polar surface area (TPSA) is 88.9 Å². The molecule has 0 spiro atoms. The minimum absolute atomic E-state index is 0.136. The monoisotopic (exact) mass is 463 g/mol. The molecule has 0 aliphatic carbocycles. The van der Waals surface area contributed by atoms with E-state index in [2.05, 4.69) is 20.8 Å². The average molecular weight is 464 g/mol. The van der Waals surface area contributed by atoms with E-state index in [9.17, 15) is 9.59 Å². The molecule has 1 aromatic heterocycles. The first-order chi connectivity index (χ1) is 14.4. The smallest absolute Gasteiger partial charge is 0.253 e. The highest BCUT2D eigenvalue weighted by molar-refractivity contribution is 7.99. The molecule has 2 amide bonds. The van der Waals surface area contributed by atoms with Gasteiger partial charge < -0.3 is 15.2 Å². The number of nitrogens with one attached hydrogen (secondary N) is 2. The summed E-state index contributed by atoms with van der Waals surface area (Å²) in [5.41, 5.74) is 0.943. The van der Waals surface area contributed by atoms with Crippen molar-refractivity contribution in [3.63, 3.8) is 0 Å². The standard InChI is InChI=1S/C20H19Cl2N5O2S/c1-12(23-19(29)13-7-3-4-8-14(13)21)18-25-26-20(27(18)2)30-11-17(28)24-16-10-6-5-9-15(16)22/h3-10,12H,11H2,1-2H3,(H,23,29)(H,24,28)/t12-/m1/s1. The molecule has 7 nitrogen and oxygen atoms in total. The van der Waals surface area contributed by atoms with Gasteiger partial charge in [0.15, 0.2) is 11.0 Å². The molecule has 0 fully saturated rings. The molecule has 1 heterocycles. The van der Waals surface area contributed by atoms with Crippen molar-refractivity contribution in [1.82, 2.24) is 20.1 Å². The van der Waals surface area contributed by atoms with Crippen LogP contribution in [0.2, 0.25) is 10.0 Å². The van der Waals surface area contributed by atoms with Crippen molar-refractivity contribution in [3.8, 4) is 0 Å². The van der Waals surface area contributed by atoms with Crippen LogP contribution in [0.5, 0.6) is 0 Å². The van der Waals surface area contributed by atoms with Crippen molar-refractivity contribution in [3.05, 3.63) is 70.0 Å². The molecule has 0 aliphatic rings. The second kappa shape index (κ2) is 9.97. The fourth-order valence-corrected chi connectivity index (χ4v) is 3.81. The second-order valence-electron chi connectivity index (χ2n) is 6.39. The number of anilines is 1. The van der Waals surface area contributed by atoms with E-state index in [1.165, 1.54) is 11.8 Å². The van der Waals surface area contributed by atoms with Crippen LogP contribution >= 0.6 is 35.0 Å². The summed E-state index contributed by atoms with van der Waals surface area (Å²) >= 11 is 13.4. The van der Waals surface area contributed by atoms with Crippen LogP contribution in [0.3, 0.4) is 0 Å². The lowest BCUT2D eigenvalue weighted by Gasteiger charge is -2.14. The number of thioether (sulfide) groups is 1. The van der Waals surface area contributed by atoms with E-state index in [4.69, 9.17) is 23.2 Å². The summed E-state index contributed by atoms with van der Waals surface area (Å²) in [6.45, 7) is 1.80. The highest BCUT2D eigenvalue weighted by Crippen LogP contribution is 2.23. The summed E-state index contributed by atoms with van der Waals surface area (Å²) in [6.07, 6.45) is 0. The highest BCUT2D eigenvalue weighted by atomic mass is 35.5. The zero-order valence-corrected chi connectivity index (χ0v) is 18.6. The maximum atomic E-state index is 12.5. The third-order valence-electron chi connectivity index (χ3n) is 4.20. The Morgan fingerprint density at radius 2 is 1.73 bits per heavy atom. The summed E-state index contributed by atoms with van der Waals surface area (Å²) < 4.78 is 1.74. The SMILES string of the molecule is C[C@@H](NC(=O)c1ccccc1Cl)c1nnc(SCC(=O)Nc2ccccc2Cl)n1C. The first-order valence-electron chi connectivity index (χ1n) is 8.98. The van der Waals surface area contributed by atoms with Gasteiger partial charge in [0.25, 0.3) is 5.91 Å². The number of hydrogen-bond donors (Lipinski definition) is 2. The molecule has 2 aromatic carbocycles. The molecule has 156 valence electrons. The van der Waals surface area contributed by atoms with Gasteiger partial charge in [0.2, 0.25) is 5.91 Å². The zero-order chi connectivity index (χ0) is 21.7. The molecule has 2 N–H and O–H groups in total. The Hall–Kier alpha value is -2.55. The molecule has 3 aromatic rings. The van der Waals surface area contributed by atoms with Gasteiger partial charge in [0.05, 0.1) is 33.1 Å². The van der Waals surface area contributed by atoms with Gasteiger partial charge in [-0.25, -0.2) is 0 Å². The Labute approximate surface area is 188 Å². The summed E-state index contributed by atoms with van der Waals surface area (Å²) in [6, 6.07) is 13.4. The normalized spacial score (nSPS) is 11.7. The Bertz CT molecular complexity index is 1070. The van der Waals surface area contributed by atoms with Crippen molar-refractivity contribution < 1.29 is 9.59 Å². The summed E-state index contributed by atoms with van der Waals surface area (Å²) in [4.78, 5) is 24.7. The second-order valence-corrected chi connectivity index (χ2v) is 8.15. The summed E-state index contributed by atoms with van der Waals surface area (Å²) in [5, 5.41) is 15.3. The molecule has 10 heteroatoms. The number of aromatic nitrogens is 3. The quantitative estimate of drug-likeness (QED) is 0.508. The number of carbonyl (C=O) groups excluding carboxylic acids is 2. The predicted molar refractivity (Wildman–Crippen MR) is 119 cm³/mol. The van der Waals surface area contributed by atoms with Gasteiger partial charge in [-0.05, 0) is 31.2 Å². The largest absolute Gasteiger partial charge is 0.342 e. The summed E-state index contributed by atoms with van der Waals surface area (Å²) in [5.74, 6) is 0.184. The maximum Gasteiger partial charge on any atom is 0.253 e. The van der Waals surface area contributed by atoms with Crippen molar-refractivity contribution in [2.75, 3.05) is 11.1 Å². The van der Waals surface area contributed by atoms with Gasteiger partial charge in [0.1, 0.15) is 0 Å². The van der Waals surface area contributed by atoms with E-state index in [0.29, 0.717) is 32.3 Å². The van der Waals surface area contributed by atoms with E-state index in [0.717, 1.165) is 0 Å². The van der Waals surface area contributed by atoms with Crippen LogP contribution in [0.1, 0.15) is 29.1 Å². The highest BCUT2D eigenvalue weighted by Gasteiger charge is 2.20. The van der Waals surface area contributed by atoms with Crippen molar-refractivity contribution in [2.45, 2.75) is 18.1 Å². The lowest BCUT2D eigenvalue weighted by atomic mass is 10.2. The van der Waals surface area contributed by atoms with Gasteiger partial charge in [-0.2, -0.15) is 0 Å². The van der Waals surface area contributed by atoms with Crippen LogP contribution in [0, 0.1) is 0 Å². The van der Waals surface area contributed by atoms with E-state index >= 15 is 0 Å². The predicted octanol–water partition coefficient (Wildman–Crippen LogP) is 4.34. The molecule has 0 saturated carbocycles. The molecular weight excluding hydrogens is 445 g/mol. The lowest BCUT2D eigenvalue weighted by Crippen LogP contribution is -2.28. The zero-order valence-electron chi connectivity index (χ0n) is 16.2. The molecule has 0 saturated heterocycles. The molecule has 0 aliphatic heterocycles. The molecular formula is C20H19Cl2N5O2S. The van der Waals surface area contributed by atoms with E-state index in [1.54, 1.807) is 67.1 Å². The molecule has 0 unspecified atom stereocenters. The van der Waals surface area contributed by atoms with Gasteiger partial charge in [-0.15, -0.1) is 10.2 Å². The van der Waals surface area contributed by atoms with Crippen molar-refractivity contribution in [1.29, 1.82) is 0 Å². The fourth-order valence-electron chi connectivity index (χ4n) is 2.69. The Kier molecular flexibility index (Phi) is 7.36. The van der Waals surface area contributed by atoms with Crippen molar-refractivity contribution in [2.24, 2.45) is 7.05 Å². The number of benzene rings is 2. The maximum absolute atomic E-state index is 12.5. The third-order valence-corrected chi connectivity index (χ3v) is 5.88. The molecule has 1 atom stereocenters. The minimum Gasteiger partial charge on any atom is -0.342 e. The van der Waals surface area contributed by atoms with E-state index < -0.39 is 6.04 Å². The van der Waals surface area contributed by atoms with Gasteiger partial charge >= 0.3 is 0 Å². The van der Waals surface area contributed by atoms with Gasteiger partial charge in [-0.3, -0.25) is 9.59 Å². The average Bonchev–Trinajstić information content (AvgIpc) is 3.09. The van der Waals surface area contributed by atoms with Crippen LogP contribution < -0.4 is 10.6 Å². The first kappa shape index (κ1) is 22.1. The number of nitrogens with zero attached hydrogens (tertiary/aromatic N) is 3. The first-order valence-corrected chi connectivity index (χ1v) is 10.7. The molecule has 30 heavy (non-hydrogen) atoms. The number of hydrogen-bond acceptors (Lipinski definition) is 5. The molecule has 0 bridgehead atoms. The molecule has 3 rings (SSSR count). The van der Waals surface area contributed by atoms with Gasteiger partial charge in [0, 0.05) is 7.05 Å². The number of rotatable bonds is 7. The Morgan fingerprint density at radius 3 is 2.43 bits per heavy atom. The van der Waals surface area contributed by atoms with E-state index in [-0.39, 0.29) is 17.6 Å². The third kappa shape index (κ3) is 5.33. The fraction of sp³-hybridized carbons (Fsp3) is 0.200. The number of carbonyl (C=O) groups is 2. The minimum atomic E-state index is -0.405. The van der Waals surface area contributed by atoms with Crippen LogP contribution in [0.25, 0.3) is 0 Å². The number of halogens is 2. The van der Waals surface area contributed by atoms with Crippen molar-refractivity contribution >= 4 is 52.5 Å². The van der Waals surface area contributed by atoms with Crippen LogP contribution in [0.15, 0.2) is 53.7 Å². The lowest BCUT2D eigenvalue weighted by molar-refractivity contribution is -0.113. The van der Waals surface area contributed by atoms with E-state index in [1.807, 2.05) is 0 Å². The van der Waals surface area contributed by atoms with Crippen LogP contribution in [-0.4, -0.2) is 32.3 Å².